The lowest BCUT2D eigenvalue weighted by Gasteiger charge is -2.22. The van der Waals surface area contributed by atoms with E-state index >= 15 is 0 Å². The van der Waals surface area contributed by atoms with Gasteiger partial charge in [0, 0.05) is 5.69 Å². The van der Waals surface area contributed by atoms with Crippen LogP contribution in [-0.2, 0) is 4.79 Å². The van der Waals surface area contributed by atoms with Crippen molar-refractivity contribution in [2.45, 2.75) is 31.2 Å². The molecule has 30 heavy (non-hydrogen) atoms. The van der Waals surface area contributed by atoms with E-state index < -0.39 is 6.04 Å². The molecule has 2 aromatic carbocycles. The summed E-state index contributed by atoms with van der Waals surface area (Å²) in [6.07, 6.45) is 1.99. The van der Waals surface area contributed by atoms with Gasteiger partial charge in [-0.25, -0.2) is 4.98 Å². The van der Waals surface area contributed by atoms with Crippen molar-refractivity contribution in [3.8, 4) is 5.75 Å². The minimum atomic E-state index is -0.689. The van der Waals surface area contributed by atoms with Crippen LogP contribution in [0.2, 0.25) is 0 Å². The van der Waals surface area contributed by atoms with Crippen LogP contribution in [0.25, 0.3) is 10.2 Å². The maximum absolute atomic E-state index is 13.0. The fourth-order valence-corrected chi connectivity index (χ4v) is 4.51. The van der Waals surface area contributed by atoms with Crippen LogP contribution in [0.3, 0.4) is 0 Å². The van der Waals surface area contributed by atoms with Gasteiger partial charge in [-0.15, -0.1) is 11.3 Å². The average molecular weight is 444 g/mol. The number of hydrogen-bond donors (Lipinski definition) is 2. The number of thioether (sulfide) groups is 1. The number of hydrogen-bond acceptors (Lipinski definition) is 6. The van der Waals surface area contributed by atoms with Crippen molar-refractivity contribution in [2.75, 3.05) is 18.2 Å². The molecule has 0 spiro atoms. The van der Waals surface area contributed by atoms with Gasteiger partial charge in [0.2, 0.25) is 5.91 Å². The lowest BCUT2D eigenvalue weighted by atomic mass is 10.0. The van der Waals surface area contributed by atoms with Crippen LogP contribution in [-0.4, -0.2) is 35.7 Å². The molecule has 3 rings (SSSR count). The zero-order valence-electron chi connectivity index (χ0n) is 17.4. The van der Waals surface area contributed by atoms with E-state index in [1.807, 2.05) is 51.3 Å². The number of nitrogens with zero attached hydrogens (tertiary/aromatic N) is 1. The predicted molar refractivity (Wildman–Crippen MR) is 124 cm³/mol. The second-order valence-electron chi connectivity index (χ2n) is 6.98. The van der Waals surface area contributed by atoms with Crippen LogP contribution in [0, 0.1) is 5.92 Å². The first-order valence-corrected chi connectivity index (χ1v) is 11.7. The molecular formula is C22H25N3O3S2. The molecule has 0 aliphatic heterocycles. The van der Waals surface area contributed by atoms with Gasteiger partial charge in [-0.3, -0.25) is 9.59 Å². The summed E-state index contributed by atoms with van der Waals surface area (Å²) in [5.41, 5.74) is 2.00. The monoisotopic (exact) mass is 443 g/mol. The van der Waals surface area contributed by atoms with Crippen LogP contribution < -0.4 is 15.4 Å². The molecule has 0 saturated heterocycles. The molecule has 0 saturated carbocycles. The quantitative estimate of drug-likeness (QED) is 0.489. The number of ether oxygens (including phenoxy) is 1. The third kappa shape index (κ3) is 5.12. The Morgan fingerprint density at radius 3 is 2.67 bits per heavy atom. The summed E-state index contributed by atoms with van der Waals surface area (Å²) in [5, 5.41) is 5.78. The predicted octanol–water partition coefficient (Wildman–Crippen LogP) is 4.81. The second kappa shape index (κ2) is 9.95. The molecule has 0 aliphatic carbocycles. The Balaban J connectivity index is 1.76. The topological polar surface area (TPSA) is 80.3 Å². The average Bonchev–Trinajstić information content (AvgIpc) is 3.14. The van der Waals surface area contributed by atoms with Gasteiger partial charge in [0.25, 0.3) is 5.91 Å². The largest absolute Gasteiger partial charge is 0.493 e. The van der Waals surface area contributed by atoms with Gasteiger partial charge in [-0.1, -0.05) is 37.7 Å². The molecular weight excluding hydrogens is 418 g/mol. The van der Waals surface area contributed by atoms with Gasteiger partial charge in [-0.2, -0.15) is 0 Å². The van der Waals surface area contributed by atoms with E-state index in [0.29, 0.717) is 23.6 Å². The maximum Gasteiger partial charge on any atom is 0.255 e. The highest BCUT2D eigenvalue weighted by atomic mass is 32.2. The summed E-state index contributed by atoms with van der Waals surface area (Å²) in [5.74, 6) is -0.194. The van der Waals surface area contributed by atoms with Gasteiger partial charge in [0.15, 0.2) is 4.34 Å². The number of carbonyl (C=O) groups is 2. The van der Waals surface area contributed by atoms with Crippen molar-refractivity contribution < 1.29 is 14.3 Å². The highest BCUT2D eigenvalue weighted by Gasteiger charge is 2.26. The minimum Gasteiger partial charge on any atom is -0.493 e. The normalized spacial score (nSPS) is 12.0. The van der Waals surface area contributed by atoms with E-state index in [1.54, 1.807) is 41.3 Å². The molecule has 0 radical (unpaired) electrons. The van der Waals surface area contributed by atoms with Crippen molar-refractivity contribution in [3.63, 3.8) is 0 Å². The summed E-state index contributed by atoms with van der Waals surface area (Å²) >= 11 is 3.18. The van der Waals surface area contributed by atoms with Crippen molar-refractivity contribution in [2.24, 2.45) is 5.92 Å². The summed E-state index contributed by atoms with van der Waals surface area (Å²) in [4.78, 5) is 30.3. The fourth-order valence-electron chi connectivity index (χ4n) is 2.98. The first-order chi connectivity index (χ1) is 14.4. The van der Waals surface area contributed by atoms with Gasteiger partial charge >= 0.3 is 0 Å². The number of carbonyl (C=O) groups excluding carboxylic acids is 2. The Morgan fingerprint density at radius 1 is 1.20 bits per heavy atom. The Morgan fingerprint density at radius 2 is 1.97 bits per heavy atom. The number of rotatable bonds is 8. The maximum atomic E-state index is 13.0. The molecule has 0 bridgehead atoms. The summed E-state index contributed by atoms with van der Waals surface area (Å²) < 4.78 is 7.53. The Kier molecular flexibility index (Phi) is 7.33. The number of benzene rings is 2. The molecule has 0 aliphatic rings. The third-order valence-electron chi connectivity index (χ3n) is 4.48. The van der Waals surface area contributed by atoms with Crippen molar-refractivity contribution in [3.05, 3.63) is 48.0 Å². The molecule has 1 heterocycles. The summed E-state index contributed by atoms with van der Waals surface area (Å²) in [6.45, 7) is 6.12. The molecule has 0 unspecified atom stereocenters. The lowest BCUT2D eigenvalue weighted by Crippen LogP contribution is -2.47. The molecule has 0 fully saturated rings. The van der Waals surface area contributed by atoms with Gasteiger partial charge < -0.3 is 15.4 Å². The van der Waals surface area contributed by atoms with Crippen molar-refractivity contribution in [1.29, 1.82) is 0 Å². The second-order valence-corrected chi connectivity index (χ2v) is 9.06. The SMILES string of the molecule is CCOc1ccccc1C(=O)N[C@H](C(=O)Nc1ccc2nc(SC)sc2c1)C(C)C. The molecule has 1 aromatic heterocycles. The summed E-state index contributed by atoms with van der Waals surface area (Å²) in [7, 11) is 0. The molecule has 8 heteroatoms. The Hall–Kier alpha value is -2.58. The number of nitrogens with one attached hydrogen (secondary N) is 2. The molecule has 2 amide bonds. The molecule has 2 N–H and O–H groups in total. The van der Waals surface area contributed by atoms with Crippen molar-refractivity contribution in [1.82, 2.24) is 10.3 Å². The van der Waals surface area contributed by atoms with Gasteiger partial charge in [0.1, 0.15) is 11.8 Å². The van der Waals surface area contributed by atoms with E-state index in [-0.39, 0.29) is 17.7 Å². The van der Waals surface area contributed by atoms with Gasteiger partial charge in [0.05, 0.1) is 22.4 Å². The number of thiazole rings is 1. The molecule has 6 nitrogen and oxygen atoms in total. The third-order valence-corrected chi connectivity index (χ3v) is 6.48. The van der Waals surface area contributed by atoms with Gasteiger partial charge in [-0.05, 0) is 49.4 Å². The molecule has 3 aromatic rings. The zero-order valence-corrected chi connectivity index (χ0v) is 19.0. The van der Waals surface area contributed by atoms with Crippen LogP contribution in [0.1, 0.15) is 31.1 Å². The number of amides is 2. The Bertz CT molecular complexity index is 1050. The van der Waals surface area contributed by atoms with Crippen LogP contribution in [0.15, 0.2) is 46.8 Å². The highest BCUT2D eigenvalue weighted by molar-refractivity contribution is 8.00. The fraction of sp³-hybridized carbons (Fsp3) is 0.318. The van der Waals surface area contributed by atoms with E-state index in [0.717, 1.165) is 14.6 Å². The number of fused-ring (bicyclic) bond motifs is 1. The highest BCUT2D eigenvalue weighted by Crippen LogP contribution is 2.30. The zero-order chi connectivity index (χ0) is 21.7. The Labute approximate surface area is 184 Å². The smallest absolute Gasteiger partial charge is 0.255 e. The van der Waals surface area contributed by atoms with Crippen molar-refractivity contribution >= 4 is 50.8 Å². The minimum absolute atomic E-state index is 0.0940. The van der Waals surface area contributed by atoms with E-state index in [2.05, 4.69) is 15.6 Å². The lowest BCUT2D eigenvalue weighted by molar-refractivity contribution is -0.118. The number of anilines is 1. The first kappa shape index (κ1) is 22.1. The van der Waals surface area contributed by atoms with Crippen LogP contribution in [0.4, 0.5) is 5.69 Å². The summed E-state index contributed by atoms with van der Waals surface area (Å²) in [6, 6.07) is 12.0. The molecule has 158 valence electrons. The standard InChI is InChI=1S/C22H25N3O3S2/c1-5-28-17-9-7-6-8-15(17)20(26)25-19(13(2)3)21(27)23-14-10-11-16-18(12-14)30-22(24-16)29-4/h6-13,19H,5H2,1-4H3,(H,23,27)(H,25,26)/t19-/m0/s1. The van der Waals surface area contributed by atoms with Crippen LogP contribution in [0.5, 0.6) is 5.75 Å². The van der Waals surface area contributed by atoms with E-state index in [1.165, 1.54) is 0 Å². The first-order valence-electron chi connectivity index (χ1n) is 9.71. The number of aromatic nitrogens is 1. The van der Waals surface area contributed by atoms with Crippen LogP contribution >= 0.6 is 23.1 Å². The molecule has 1 atom stereocenters. The van der Waals surface area contributed by atoms with E-state index in [9.17, 15) is 9.59 Å². The van der Waals surface area contributed by atoms with E-state index in [4.69, 9.17) is 4.74 Å². The number of para-hydroxylation sites is 1.